The van der Waals surface area contributed by atoms with E-state index in [1.54, 1.807) is 64.1 Å². The summed E-state index contributed by atoms with van der Waals surface area (Å²) in [6.45, 7) is 1.88. The van der Waals surface area contributed by atoms with Crippen molar-refractivity contribution in [3.63, 3.8) is 0 Å². The van der Waals surface area contributed by atoms with E-state index < -0.39 is 0 Å². The normalized spacial score (nSPS) is 13.8. The van der Waals surface area contributed by atoms with E-state index in [0.29, 0.717) is 48.9 Å². The lowest BCUT2D eigenvalue weighted by Gasteiger charge is -2.25. The number of hydrogen-bond acceptors (Lipinski definition) is 7. The first-order chi connectivity index (χ1) is 15.1. The molecule has 2 aromatic rings. The highest BCUT2D eigenvalue weighted by Gasteiger charge is 2.41. The van der Waals surface area contributed by atoms with Crippen LogP contribution in [0, 0.1) is 0 Å². The maximum atomic E-state index is 13.5. The van der Waals surface area contributed by atoms with Gasteiger partial charge in [-0.3, -0.25) is 19.5 Å². The second-order valence-electron chi connectivity index (χ2n) is 6.98. The largest absolute Gasteiger partial charge is 0.497 e. The van der Waals surface area contributed by atoms with Crippen molar-refractivity contribution < 1.29 is 23.8 Å². The Bertz CT molecular complexity index is 920. The van der Waals surface area contributed by atoms with Gasteiger partial charge < -0.3 is 19.1 Å². The number of carbonyl (C=O) groups is 2. The Labute approximate surface area is 182 Å². The summed E-state index contributed by atoms with van der Waals surface area (Å²) >= 11 is 0. The number of aromatic nitrogens is 1. The first-order valence-electron chi connectivity index (χ1n) is 9.97. The fourth-order valence-electron chi connectivity index (χ4n) is 3.43. The monoisotopic (exact) mass is 425 g/mol. The van der Waals surface area contributed by atoms with Gasteiger partial charge in [0.05, 0.1) is 32.4 Å². The standard InChI is InChI=1S/C23H27N3O5/c1-29-13-11-25(12-14-30-2)21-20(18-6-8-19(31-3)9-7-18)22(27)26(23(21)28)16-17-5-4-10-24-15-17/h4-10,15H,11-14,16H2,1-3H3. The second kappa shape index (κ2) is 10.7. The van der Waals surface area contributed by atoms with Crippen molar-refractivity contribution in [1.82, 2.24) is 14.8 Å². The fraction of sp³-hybridized carbons (Fsp3) is 0.348. The van der Waals surface area contributed by atoms with Gasteiger partial charge in [0.2, 0.25) is 0 Å². The van der Waals surface area contributed by atoms with Gasteiger partial charge in [-0.15, -0.1) is 0 Å². The van der Waals surface area contributed by atoms with Crippen LogP contribution in [0.3, 0.4) is 0 Å². The molecule has 1 aliphatic heterocycles. The van der Waals surface area contributed by atoms with Crippen LogP contribution in [0.4, 0.5) is 0 Å². The summed E-state index contributed by atoms with van der Waals surface area (Å²) in [5, 5.41) is 0. The van der Waals surface area contributed by atoms with E-state index in [9.17, 15) is 9.59 Å². The van der Waals surface area contributed by atoms with Crippen molar-refractivity contribution in [3.05, 3.63) is 65.6 Å². The molecule has 8 heteroatoms. The Balaban J connectivity index is 2.03. The molecule has 0 saturated heterocycles. The summed E-state index contributed by atoms with van der Waals surface area (Å²) in [7, 11) is 4.78. The molecule has 0 bridgehead atoms. The molecule has 8 nitrogen and oxygen atoms in total. The molecular formula is C23H27N3O5. The molecule has 31 heavy (non-hydrogen) atoms. The zero-order chi connectivity index (χ0) is 22.2. The number of imide groups is 1. The van der Waals surface area contributed by atoms with Gasteiger partial charge in [-0.25, -0.2) is 0 Å². The molecule has 164 valence electrons. The first kappa shape index (κ1) is 22.5. The van der Waals surface area contributed by atoms with E-state index in [4.69, 9.17) is 14.2 Å². The molecule has 2 heterocycles. The number of ether oxygens (including phenoxy) is 3. The zero-order valence-corrected chi connectivity index (χ0v) is 18.0. The summed E-state index contributed by atoms with van der Waals surface area (Å²) in [4.78, 5) is 34.1. The van der Waals surface area contributed by atoms with Crippen LogP contribution in [0.2, 0.25) is 0 Å². The van der Waals surface area contributed by atoms with Crippen LogP contribution in [-0.2, 0) is 25.6 Å². The van der Waals surface area contributed by atoms with E-state index in [-0.39, 0.29) is 18.4 Å². The Hall–Kier alpha value is -3.23. The van der Waals surface area contributed by atoms with Gasteiger partial charge in [0, 0.05) is 39.7 Å². The summed E-state index contributed by atoms with van der Waals surface area (Å²) in [6.07, 6.45) is 3.31. The lowest BCUT2D eigenvalue weighted by Crippen LogP contribution is -2.37. The van der Waals surface area contributed by atoms with Gasteiger partial charge in [0.15, 0.2) is 0 Å². The molecule has 1 aromatic heterocycles. The average Bonchev–Trinajstić information content (AvgIpc) is 3.05. The SMILES string of the molecule is COCCN(CCOC)C1=C(c2ccc(OC)cc2)C(=O)N(Cc2cccnc2)C1=O. The van der Waals surface area contributed by atoms with Crippen LogP contribution in [0.15, 0.2) is 54.5 Å². The van der Waals surface area contributed by atoms with Crippen molar-refractivity contribution in [2.45, 2.75) is 6.54 Å². The Morgan fingerprint density at radius 3 is 2.16 bits per heavy atom. The Morgan fingerprint density at radius 1 is 0.935 bits per heavy atom. The third-order valence-corrected chi connectivity index (χ3v) is 5.03. The van der Waals surface area contributed by atoms with Crippen LogP contribution in [0.5, 0.6) is 5.75 Å². The fourth-order valence-corrected chi connectivity index (χ4v) is 3.43. The summed E-state index contributed by atoms with van der Waals surface area (Å²) in [6, 6.07) is 10.7. The Kier molecular flexibility index (Phi) is 7.75. The van der Waals surface area contributed by atoms with E-state index in [0.717, 1.165) is 5.56 Å². The van der Waals surface area contributed by atoms with E-state index in [1.165, 1.54) is 4.90 Å². The summed E-state index contributed by atoms with van der Waals surface area (Å²) in [5.41, 5.74) is 2.15. The van der Waals surface area contributed by atoms with Gasteiger partial charge in [0.1, 0.15) is 11.4 Å². The van der Waals surface area contributed by atoms with Crippen molar-refractivity contribution >= 4 is 17.4 Å². The smallest absolute Gasteiger partial charge is 0.278 e. The van der Waals surface area contributed by atoms with E-state index in [1.807, 2.05) is 11.0 Å². The van der Waals surface area contributed by atoms with Crippen molar-refractivity contribution in [3.8, 4) is 5.75 Å². The molecule has 0 saturated carbocycles. The third kappa shape index (κ3) is 5.10. The highest BCUT2D eigenvalue weighted by atomic mass is 16.5. The van der Waals surface area contributed by atoms with Gasteiger partial charge >= 0.3 is 0 Å². The molecule has 0 atom stereocenters. The van der Waals surface area contributed by atoms with Crippen LogP contribution >= 0.6 is 0 Å². The van der Waals surface area contributed by atoms with Crippen LogP contribution in [0.25, 0.3) is 5.57 Å². The lowest BCUT2D eigenvalue weighted by atomic mass is 10.0. The van der Waals surface area contributed by atoms with Gasteiger partial charge in [-0.2, -0.15) is 0 Å². The molecule has 0 radical (unpaired) electrons. The van der Waals surface area contributed by atoms with Gasteiger partial charge in [-0.05, 0) is 29.3 Å². The van der Waals surface area contributed by atoms with Crippen LogP contribution in [-0.4, -0.2) is 74.2 Å². The highest BCUT2D eigenvalue weighted by Crippen LogP contribution is 2.33. The molecule has 0 spiro atoms. The van der Waals surface area contributed by atoms with Crippen LogP contribution in [0.1, 0.15) is 11.1 Å². The van der Waals surface area contributed by atoms with E-state index >= 15 is 0 Å². The molecule has 1 aromatic carbocycles. The molecule has 2 amide bonds. The predicted molar refractivity (Wildman–Crippen MR) is 115 cm³/mol. The number of carbonyl (C=O) groups excluding carboxylic acids is 2. The summed E-state index contributed by atoms with van der Waals surface area (Å²) in [5.74, 6) is -0.00811. The summed E-state index contributed by atoms with van der Waals surface area (Å²) < 4.78 is 15.7. The molecule has 3 rings (SSSR count). The number of nitrogens with zero attached hydrogens (tertiary/aromatic N) is 3. The molecule has 0 unspecified atom stereocenters. The van der Waals surface area contributed by atoms with Crippen LogP contribution < -0.4 is 4.74 Å². The maximum Gasteiger partial charge on any atom is 0.278 e. The first-order valence-corrected chi connectivity index (χ1v) is 9.97. The number of benzene rings is 1. The number of pyridine rings is 1. The van der Waals surface area contributed by atoms with Crippen molar-refractivity contribution in [2.75, 3.05) is 47.6 Å². The zero-order valence-electron chi connectivity index (χ0n) is 18.0. The minimum absolute atomic E-state index is 0.150. The lowest BCUT2D eigenvalue weighted by molar-refractivity contribution is -0.138. The molecule has 0 N–H and O–H groups in total. The number of rotatable bonds is 11. The molecule has 0 aliphatic carbocycles. The Morgan fingerprint density at radius 2 is 1.61 bits per heavy atom. The third-order valence-electron chi connectivity index (χ3n) is 5.03. The number of methoxy groups -OCH3 is 3. The average molecular weight is 425 g/mol. The minimum Gasteiger partial charge on any atom is -0.497 e. The second-order valence-corrected chi connectivity index (χ2v) is 6.98. The topological polar surface area (TPSA) is 81.2 Å². The molecule has 1 aliphatic rings. The van der Waals surface area contributed by atoms with Crippen molar-refractivity contribution in [2.24, 2.45) is 0 Å². The van der Waals surface area contributed by atoms with Crippen molar-refractivity contribution in [1.29, 1.82) is 0 Å². The molecule has 0 fully saturated rings. The highest BCUT2D eigenvalue weighted by molar-refractivity contribution is 6.35. The molecular weight excluding hydrogens is 398 g/mol. The maximum absolute atomic E-state index is 13.5. The quantitative estimate of drug-likeness (QED) is 0.509. The minimum atomic E-state index is -0.341. The predicted octanol–water partition coefficient (Wildman–Crippen LogP) is 1.97. The number of amides is 2. The number of hydrogen-bond donors (Lipinski definition) is 0. The van der Waals surface area contributed by atoms with E-state index in [2.05, 4.69) is 4.98 Å². The van der Waals surface area contributed by atoms with Gasteiger partial charge in [0.25, 0.3) is 11.8 Å². The van der Waals surface area contributed by atoms with Gasteiger partial charge in [-0.1, -0.05) is 18.2 Å².